The number of Topliss-reactive ketones (excluding diaryl/α,β-unsaturated/α-hetero) is 1. The van der Waals surface area contributed by atoms with Gasteiger partial charge in [-0.1, -0.05) is 0 Å². The summed E-state index contributed by atoms with van der Waals surface area (Å²) in [6.45, 7) is 3.18. The first-order chi connectivity index (χ1) is 6.06. The van der Waals surface area contributed by atoms with Crippen molar-refractivity contribution in [2.24, 2.45) is 0 Å². The Hall–Kier alpha value is -1.51. The van der Waals surface area contributed by atoms with Gasteiger partial charge in [-0.15, -0.1) is 0 Å². The minimum atomic E-state index is -0.0893. The van der Waals surface area contributed by atoms with Crippen LogP contribution in [0.2, 0.25) is 0 Å². The highest BCUT2D eigenvalue weighted by Crippen LogP contribution is 2.28. The van der Waals surface area contributed by atoms with E-state index in [0.29, 0.717) is 16.9 Å². The number of hydrogen-bond acceptors (Lipinski definition) is 3. The van der Waals surface area contributed by atoms with E-state index in [1.165, 1.54) is 20.1 Å². The number of hydrogen-bond donors (Lipinski definition) is 1. The first-order valence-electron chi connectivity index (χ1n) is 3.94. The Labute approximate surface area is 77.0 Å². The van der Waals surface area contributed by atoms with Gasteiger partial charge in [0.25, 0.3) is 0 Å². The Kier molecular flexibility index (Phi) is 2.56. The van der Waals surface area contributed by atoms with Crippen LogP contribution in [0.4, 0.5) is 0 Å². The van der Waals surface area contributed by atoms with Crippen LogP contribution in [0.25, 0.3) is 0 Å². The molecule has 0 saturated heterocycles. The molecule has 0 saturated carbocycles. The zero-order valence-electron chi connectivity index (χ0n) is 7.92. The van der Waals surface area contributed by atoms with E-state index >= 15 is 0 Å². The van der Waals surface area contributed by atoms with Crippen LogP contribution in [-0.2, 0) is 0 Å². The molecule has 1 N–H and O–H groups in total. The zero-order valence-corrected chi connectivity index (χ0v) is 7.92. The lowest BCUT2D eigenvalue weighted by Crippen LogP contribution is -1.95. The summed E-state index contributed by atoms with van der Waals surface area (Å²) < 4.78 is 5.00. The molecule has 0 spiro atoms. The monoisotopic (exact) mass is 180 g/mol. The number of carbonyl (C=O) groups is 1. The van der Waals surface area contributed by atoms with Gasteiger partial charge in [-0.3, -0.25) is 4.79 Å². The normalized spacial score (nSPS) is 9.77. The molecule has 0 aliphatic carbocycles. The van der Waals surface area contributed by atoms with Crippen molar-refractivity contribution in [3.05, 3.63) is 23.3 Å². The first-order valence-corrected chi connectivity index (χ1v) is 3.94. The molecular weight excluding hydrogens is 168 g/mol. The predicted octanol–water partition coefficient (Wildman–Crippen LogP) is 1.91. The molecule has 70 valence electrons. The van der Waals surface area contributed by atoms with Crippen molar-refractivity contribution in [2.45, 2.75) is 13.8 Å². The van der Waals surface area contributed by atoms with Gasteiger partial charge in [-0.2, -0.15) is 0 Å². The summed E-state index contributed by atoms with van der Waals surface area (Å²) in [5.41, 5.74) is 1.10. The van der Waals surface area contributed by atoms with Crippen LogP contribution in [0, 0.1) is 6.92 Å². The number of benzene rings is 1. The molecule has 0 aliphatic heterocycles. The second-order valence-corrected chi connectivity index (χ2v) is 2.88. The molecule has 0 amide bonds. The fraction of sp³-hybridized carbons (Fsp3) is 0.300. The highest BCUT2D eigenvalue weighted by atomic mass is 16.5. The third-order valence-corrected chi connectivity index (χ3v) is 1.96. The van der Waals surface area contributed by atoms with E-state index in [4.69, 9.17) is 4.74 Å². The Morgan fingerprint density at radius 2 is 2.08 bits per heavy atom. The van der Waals surface area contributed by atoms with E-state index in [2.05, 4.69) is 0 Å². The van der Waals surface area contributed by atoms with Crippen molar-refractivity contribution < 1.29 is 14.6 Å². The summed E-state index contributed by atoms with van der Waals surface area (Å²) >= 11 is 0. The summed E-state index contributed by atoms with van der Waals surface area (Å²) in [6.07, 6.45) is 0. The highest BCUT2D eigenvalue weighted by Gasteiger charge is 2.08. The van der Waals surface area contributed by atoms with Gasteiger partial charge < -0.3 is 9.84 Å². The number of ketones is 1. The molecule has 1 aromatic carbocycles. The Morgan fingerprint density at radius 3 is 2.54 bits per heavy atom. The number of methoxy groups -OCH3 is 1. The number of carbonyl (C=O) groups excluding carboxylic acids is 1. The number of aromatic hydroxyl groups is 1. The predicted molar refractivity (Wildman–Crippen MR) is 49.4 cm³/mol. The van der Waals surface area contributed by atoms with Crippen LogP contribution in [0.3, 0.4) is 0 Å². The summed E-state index contributed by atoms with van der Waals surface area (Å²) in [6, 6.07) is 3.07. The van der Waals surface area contributed by atoms with Crippen LogP contribution >= 0.6 is 0 Å². The molecule has 0 aliphatic rings. The van der Waals surface area contributed by atoms with Crippen LogP contribution in [0.5, 0.6) is 11.5 Å². The van der Waals surface area contributed by atoms with E-state index in [-0.39, 0.29) is 11.5 Å². The maximum atomic E-state index is 11.0. The highest BCUT2D eigenvalue weighted by molar-refractivity contribution is 5.95. The fourth-order valence-electron chi connectivity index (χ4n) is 1.09. The van der Waals surface area contributed by atoms with E-state index in [1.54, 1.807) is 13.0 Å². The second-order valence-electron chi connectivity index (χ2n) is 2.88. The minimum absolute atomic E-state index is 0.0875. The van der Waals surface area contributed by atoms with Gasteiger partial charge in [0, 0.05) is 11.1 Å². The summed E-state index contributed by atoms with van der Waals surface area (Å²) in [7, 11) is 1.51. The van der Waals surface area contributed by atoms with E-state index in [9.17, 15) is 9.90 Å². The lowest BCUT2D eigenvalue weighted by molar-refractivity contribution is 0.101. The number of phenols is 1. The number of ether oxygens (including phenoxy) is 1. The quantitative estimate of drug-likeness (QED) is 0.707. The van der Waals surface area contributed by atoms with Gasteiger partial charge in [-0.05, 0) is 26.0 Å². The molecule has 0 fully saturated rings. The van der Waals surface area contributed by atoms with Crippen molar-refractivity contribution in [2.75, 3.05) is 7.11 Å². The van der Waals surface area contributed by atoms with E-state index in [0.717, 1.165) is 0 Å². The van der Waals surface area contributed by atoms with Crippen LogP contribution in [0.1, 0.15) is 22.8 Å². The molecule has 13 heavy (non-hydrogen) atoms. The van der Waals surface area contributed by atoms with Gasteiger partial charge in [0.2, 0.25) is 0 Å². The SMILES string of the molecule is COc1cc(C(C)=O)cc(O)c1C. The van der Waals surface area contributed by atoms with Gasteiger partial charge in [0.1, 0.15) is 11.5 Å². The molecule has 1 aromatic rings. The van der Waals surface area contributed by atoms with Gasteiger partial charge in [-0.25, -0.2) is 0 Å². The lowest BCUT2D eigenvalue weighted by atomic mass is 10.1. The van der Waals surface area contributed by atoms with E-state index < -0.39 is 0 Å². The third kappa shape index (κ3) is 1.80. The summed E-state index contributed by atoms with van der Waals surface area (Å²) in [5.74, 6) is 0.531. The number of phenolic OH excluding ortho intramolecular Hbond substituents is 1. The molecule has 0 unspecified atom stereocenters. The van der Waals surface area contributed by atoms with Gasteiger partial charge in [0.05, 0.1) is 7.11 Å². The van der Waals surface area contributed by atoms with Crippen molar-refractivity contribution in [3.8, 4) is 11.5 Å². The largest absolute Gasteiger partial charge is 0.508 e. The molecule has 0 radical (unpaired) electrons. The fourth-order valence-corrected chi connectivity index (χ4v) is 1.09. The van der Waals surface area contributed by atoms with Crippen LogP contribution in [0.15, 0.2) is 12.1 Å². The molecule has 3 heteroatoms. The standard InChI is InChI=1S/C10H12O3/c1-6-9(12)4-8(7(2)11)5-10(6)13-3/h4-5,12H,1-3H3. The zero-order chi connectivity index (χ0) is 10.0. The molecule has 1 rings (SSSR count). The summed E-state index contributed by atoms with van der Waals surface area (Å²) in [4.78, 5) is 11.0. The molecule has 0 atom stereocenters. The third-order valence-electron chi connectivity index (χ3n) is 1.96. The molecule has 3 nitrogen and oxygen atoms in total. The first kappa shape index (κ1) is 9.58. The Balaban J connectivity index is 3.30. The van der Waals surface area contributed by atoms with Crippen molar-refractivity contribution >= 4 is 5.78 Å². The number of rotatable bonds is 2. The van der Waals surface area contributed by atoms with Gasteiger partial charge >= 0.3 is 0 Å². The van der Waals surface area contributed by atoms with Crippen LogP contribution < -0.4 is 4.74 Å². The molecular formula is C10H12O3. The summed E-state index contributed by atoms with van der Waals surface area (Å²) in [5, 5.41) is 9.43. The molecule has 0 bridgehead atoms. The van der Waals surface area contributed by atoms with Gasteiger partial charge in [0.15, 0.2) is 5.78 Å². The smallest absolute Gasteiger partial charge is 0.160 e. The Bertz CT molecular complexity index is 342. The van der Waals surface area contributed by atoms with Crippen molar-refractivity contribution in [3.63, 3.8) is 0 Å². The molecule has 0 aromatic heterocycles. The van der Waals surface area contributed by atoms with Crippen molar-refractivity contribution in [1.29, 1.82) is 0 Å². The average Bonchev–Trinajstić information content (AvgIpc) is 2.09. The van der Waals surface area contributed by atoms with Crippen molar-refractivity contribution in [1.82, 2.24) is 0 Å². The lowest BCUT2D eigenvalue weighted by Gasteiger charge is -2.07. The minimum Gasteiger partial charge on any atom is -0.508 e. The second kappa shape index (κ2) is 3.47. The maximum Gasteiger partial charge on any atom is 0.160 e. The average molecular weight is 180 g/mol. The Morgan fingerprint density at radius 1 is 1.46 bits per heavy atom. The maximum absolute atomic E-state index is 11.0. The van der Waals surface area contributed by atoms with E-state index in [1.807, 2.05) is 0 Å². The van der Waals surface area contributed by atoms with Crippen LogP contribution in [-0.4, -0.2) is 18.0 Å². The molecule has 0 heterocycles. The topological polar surface area (TPSA) is 46.5 Å².